The van der Waals surface area contributed by atoms with Gasteiger partial charge in [-0.2, -0.15) is 0 Å². The van der Waals surface area contributed by atoms with Crippen LogP contribution in [0.25, 0.3) is 0 Å². The lowest BCUT2D eigenvalue weighted by molar-refractivity contribution is 0.126. The molecule has 1 aliphatic carbocycles. The van der Waals surface area contributed by atoms with E-state index in [0.717, 1.165) is 11.1 Å². The maximum atomic E-state index is 12.1. The molecule has 116 valence electrons. The second kappa shape index (κ2) is 4.63. The third-order valence-electron chi connectivity index (χ3n) is 4.65. The van der Waals surface area contributed by atoms with Crippen molar-refractivity contribution < 1.29 is 19.1 Å². The van der Waals surface area contributed by atoms with Crippen molar-refractivity contribution in [2.45, 2.75) is 38.0 Å². The van der Waals surface area contributed by atoms with Crippen LogP contribution in [0.15, 0.2) is 24.3 Å². The minimum absolute atomic E-state index is 0.0170. The summed E-state index contributed by atoms with van der Waals surface area (Å²) in [5.41, 5.74) is 2.24. The fourth-order valence-electron chi connectivity index (χ4n) is 3.79. The van der Waals surface area contributed by atoms with Gasteiger partial charge < -0.3 is 9.47 Å². The van der Waals surface area contributed by atoms with E-state index in [4.69, 9.17) is 9.47 Å². The lowest BCUT2D eigenvalue weighted by Crippen LogP contribution is -2.22. The van der Waals surface area contributed by atoms with E-state index >= 15 is 0 Å². The molecule has 0 spiro atoms. The summed E-state index contributed by atoms with van der Waals surface area (Å²) in [5, 5.41) is 0. The van der Waals surface area contributed by atoms with Gasteiger partial charge in [0.1, 0.15) is 0 Å². The van der Waals surface area contributed by atoms with E-state index in [1.807, 2.05) is 24.3 Å². The quantitative estimate of drug-likeness (QED) is 0.787. The standard InChI is InChI=1S/C16H18N2O4/c1-3-21-15(19)17-11-9-7-5-6-8-10(9)12-14(13(11)17)18(12)16(20)22-4-2/h5-8,11-14H,3-4H2,1-2H3/t11-,12+,13-,14+,17?,18?. The molecule has 2 amide bonds. The Morgan fingerprint density at radius 1 is 0.909 bits per heavy atom. The molecule has 2 heterocycles. The average molecular weight is 302 g/mol. The minimum Gasteiger partial charge on any atom is -0.450 e. The van der Waals surface area contributed by atoms with Crippen LogP contribution in [0.2, 0.25) is 0 Å². The van der Waals surface area contributed by atoms with Crippen LogP contribution in [0.3, 0.4) is 0 Å². The summed E-state index contributed by atoms with van der Waals surface area (Å²) in [7, 11) is 0. The van der Waals surface area contributed by atoms with Gasteiger partial charge in [-0.3, -0.25) is 9.80 Å². The lowest BCUT2D eigenvalue weighted by Gasteiger charge is -2.10. The van der Waals surface area contributed by atoms with Crippen LogP contribution in [0, 0.1) is 0 Å². The molecule has 0 unspecified atom stereocenters. The average Bonchev–Trinajstić information content (AvgIpc) is 3.39. The number of carbonyl (C=O) groups excluding carboxylic acids is 2. The van der Waals surface area contributed by atoms with Crippen LogP contribution in [0.5, 0.6) is 0 Å². The first-order valence-electron chi connectivity index (χ1n) is 7.69. The van der Waals surface area contributed by atoms with Crippen molar-refractivity contribution in [3.8, 4) is 0 Å². The fraction of sp³-hybridized carbons (Fsp3) is 0.500. The van der Waals surface area contributed by atoms with Crippen molar-refractivity contribution in [3.63, 3.8) is 0 Å². The van der Waals surface area contributed by atoms with Crippen molar-refractivity contribution in [3.05, 3.63) is 35.4 Å². The van der Waals surface area contributed by atoms with Crippen molar-refractivity contribution in [1.29, 1.82) is 0 Å². The van der Waals surface area contributed by atoms with Crippen LogP contribution in [0.4, 0.5) is 9.59 Å². The van der Waals surface area contributed by atoms with Gasteiger partial charge in [0.15, 0.2) is 0 Å². The van der Waals surface area contributed by atoms with Gasteiger partial charge in [-0.15, -0.1) is 0 Å². The number of rotatable bonds is 2. The van der Waals surface area contributed by atoms with Gasteiger partial charge >= 0.3 is 12.2 Å². The van der Waals surface area contributed by atoms with Gasteiger partial charge in [0.05, 0.1) is 37.4 Å². The van der Waals surface area contributed by atoms with E-state index in [1.165, 1.54) is 0 Å². The highest BCUT2D eigenvalue weighted by Gasteiger charge is 2.73. The summed E-state index contributed by atoms with van der Waals surface area (Å²) in [6, 6.07) is 8.08. The summed E-state index contributed by atoms with van der Waals surface area (Å²) < 4.78 is 10.3. The zero-order valence-electron chi connectivity index (χ0n) is 12.6. The Hall–Kier alpha value is -2.24. The first-order chi connectivity index (χ1) is 10.7. The van der Waals surface area contributed by atoms with E-state index in [2.05, 4.69) is 0 Å². The van der Waals surface area contributed by atoms with Gasteiger partial charge in [-0.05, 0) is 25.0 Å². The third-order valence-corrected chi connectivity index (χ3v) is 4.65. The highest BCUT2D eigenvalue weighted by molar-refractivity contribution is 5.79. The van der Waals surface area contributed by atoms with E-state index < -0.39 is 0 Å². The summed E-state index contributed by atoms with van der Waals surface area (Å²) in [4.78, 5) is 27.7. The van der Waals surface area contributed by atoms with Crippen molar-refractivity contribution in [2.24, 2.45) is 0 Å². The normalized spacial score (nSPS) is 29.9. The molecule has 2 fully saturated rings. The number of carbonyl (C=O) groups is 2. The number of ether oxygens (including phenoxy) is 2. The first kappa shape index (κ1) is 13.4. The molecular formula is C16H18N2O4. The van der Waals surface area contributed by atoms with E-state index in [0.29, 0.717) is 13.2 Å². The zero-order chi connectivity index (χ0) is 15.4. The highest BCUT2D eigenvalue weighted by atomic mass is 16.6. The van der Waals surface area contributed by atoms with Crippen molar-refractivity contribution in [1.82, 2.24) is 9.80 Å². The largest absolute Gasteiger partial charge is 0.450 e. The van der Waals surface area contributed by atoms with Crippen molar-refractivity contribution in [2.75, 3.05) is 13.2 Å². The smallest absolute Gasteiger partial charge is 0.410 e. The van der Waals surface area contributed by atoms with E-state index in [9.17, 15) is 9.59 Å². The molecule has 6 nitrogen and oxygen atoms in total. The molecule has 1 aromatic rings. The SMILES string of the molecule is CCOC(=O)N1[C@H]2[C@@H]3[C@H](c4ccccc4[C@H]21)N3C(=O)OCC. The molecule has 1 aromatic carbocycles. The van der Waals surface area contributed by atoms with Gasteiger partial charge in [0.2, 0.25) is 0 Å². The van der Waals surface area contributed by atoms with Crippen LogP contribution >= 0.6 is 0 Å². The molecule has 0 saturated carbocycles. The first-order valence-corrected chi connectivity index (χ1v) is 7.69. The van der Waals surface area contributed by atoms with Crippen LogP contribution in [-0.2, 0) is 9.47 Å². The predicted molar refractivity (Wildman–Crippen MR) is 77.2 cm³/mol. The maximum absolute atomic E-state index is 12.1. The van der Waals surface area contributed by atoms with Gasteiger partial charge in [-0.25, -0.2) is 9.59 Å². The Labute approximate surface area is 128 Å². The number of benzene rings is 1. The number of hydrogen-bond acceptors (Lipinski definition) is 4. The number of hydrogen-bond donors (Lipinski definition) is 0. The zero-order valence-corrected chi connectivity index (χ0v) is 12.6. The fourth-order valence-corrected chi connectivity index (χ4v) is 3.79. The summed E-state index contributed by atoms with van der Waals surface area (Å²) in [6.07, 6.45) is -0.604. The molecule has 0 bridgehead atoms. The molecule has 0 radical (unpaired) electrons. The maximum Gasteiger partial charge on any atom is 0.410 e. The van der Waals surface area contributed by atoms with E-state index in [-0.39, 0.29) is 36.4 Å². The predicted octanol–water partition coefficient (Wildman–Crippen LogP) is 2.46. The molecule has 22 heavy (non-hydrogen) atoms. The Morgan fingerprint density at radius 3 is 1.68 bits per heavy atom. The Balaban J connectivity index is 1.66. The lowest BCUT2D eigenvalue weighted by atomic mass is 9.92. The van der Waals surface area contributed by atoms with Gasteiger partial charge in [0, 0.05) is 0 Å². The summed E-state index contributed by atoms with van der Waals surface area (Å²) >= 11 is 0. The number of amides is 2. The van der Waals surface area contributed by atoms with Gasteiger partial charge in [0.25, 0.3) is 0 Å². The summed E-state index contributed by atoms with van der Waals surface area (Å²) in [5.74, 6) is 0. The molecule has 2 saturated heterocycles. The van der Waals surface area contributed by atoms with Crippen LogP contribution in [-0.4, -0.2) is 47.3 Å². The number of nitrogens with zero attached hydrogens (tertiary/aromatic N) is 2. The van der Waals surface area contributed by atoms with Crippen LogP contribution in [0.1, 0.15) is 37.1 Å². The van der Waals surface area contributed by atoms with Crippen molar-refractivity contribution >= 4 is 12.2 Å². The third kappa shape index (κ3) is 1.66. The van der Waals surface area contributed by atoms with E-state index in [1.54, 1.807) is 23.6 Å². The molecule has 0 N–H and O–H groups in total. The molecule has 2 aliphatic heterocycles. The Bertz CT molecular complexity index is 592. The Kier molecular flexibility index (Phi) is 2.82. The second-order valence-electron chi connectivity index (χ2n) is 5.71. The monoisotopic (exact) mass is 302 g/mol. The highest BCUT2D eigenvalue weighted by Crippen LogP contribution is 2.64. The topological polar surface area (TPSA) is 58.6 Å². The number of fused-ring (bicyclic) bond motifs is 6. The second-order valence-corrected chi connectivity index (χ2v) is 5.71. The minimum atomic E-state index is -0.302. The molecule has 4 rings (SSSR count). The molecule has 3 aliphatic rings. The van der Waals surface area contributed by atoms with Gasteiger partial charge in [-0.1, -0.05) is 24.3 Å². The molecule has 0 aromatic heterocycles. The molecule has 4 atom stereocenters. The molecule has 6 heteroatoms. The Morgan fingerprint density at radius 2 is 1.32 bits per heavy atom. The molecular weight excluding hydrogens is 284 g/mol. The summed E-state index contributed by atoms with van der Waals surface area (Å²) in [6.45, 7) is 4.30. The van der Waals surface area contributed by atoms with Crippen LogP contribution < -0.4 is 0 Å².